The topological polar surface area (TPSA) is 105 Å². The lowest BCUT2D eigenvalue weighted by Gasteiger charge is -2.26. The number of hydroxylamine groups is 1. The molecule has 0 unspecified atom stereocenters. The van der Waals surface area contributed by atoms with E-state index in [2.05, 4.69) is 5.10 Å². The first-order chi connectivity index (χ1) is 11.2. The molecule has 0 aliphatic carbocycles. The lowest BCUT2D eigenvalue weighted by Crippen LogP contribution is -2.38. The highest BCUT2D eigenvalue weighted by molar-refractivity contribution is 5.96. The highest BCUT2D eigenvalue weighted by Crippen LogP contribution is 2.24. The molecule has 1 amide bonds. The molecule has 0 atom stereocenters. The van der Waals surface area contributed by atoms with E-state index in [1.165, 1.54) is 10.9 Å². The lowest BCUT2D eigenvalue weighted by molar-refractivity contribution is -0.0159. The van der Waals surface area contributed by atoms with Crippen molar-refractivity contribution in [2.24, 2.45) is 0 Å². The van der Waals surface area contributed by atoms with Gasteiger partial charge in [-0.1, -0.05) is 30.3 Å². The molecule has 0 aliphatic rings. The van der Waals surface area contributed by atoms with Gasteiger partial charge in [0.05, 0.1) is 18.3 Å². The van der Waals surface area contributed by atoms with Crippen LogP contribution in [0.15, 0.2) is 36.5 Å². The first-order valence-electron chi connectivity index (χ1n) is 7.24. The van der Waals surface area contributed by atoms with E-state index in [0.717, 1.165) is 5.56 Å². The maximum Gasteiger partial charge on any atom is 0.436 e. The predicted octanol–water partition coefficient (Wildman–Crippen LogP) is 2.84. The zero-order chi connectivity index (χ0) is 17.9. The summed E-state index contributed by atoms with van der Waals surface area (Å²) in [6.45, 7) is 5.30. The Labute approximate surface area is 138 Å². The van der Waals surface area contributed by atoms with Crippen LogP contribution in [0.5, 0.6) is 0 Å². The number of amides is 1. The molecular weight excluding hydrogens is 314 g/mol. The Bertz CT molecular complexity index is 734. The first-order valence-corrected chi connectivity index (χ1v) is 7.24. The maximum atomic E-state index is 11.5. The van der Waals surface area contributed by atoms with Crippen molar-refractivity contribution < 1.29 is 24.6 Å². The molecule has 1 heterocycles. The fourth-order valence-electron chi connectivity index (χ4n) is 2.03. The molecule has 2 aromatic rings. The van der Waals surface area contributed by atoms with Crippen LogP contribution in [0.1, 0.15) is 36.8 Å². The molecule has 0 aliphatic heterocycles. The van der Waals surface area contributed by atoms with Gasteiger partial charge in [-0.3, -0.25) is 9.52 Å². The molecular formula is C16H19N3O5. The molecule has 8 heteroatoms. The number of aromatic nitrogens is 2. The number of aromatic carboxylic acids is 1. The predicted molar refractivity (Wildman–Crippen MR) is 86.1 cm³/mol. The van der Waals surface area contributed by atoms with E-state index >= 15 is 0 Å². The second-order valence-electron chi connectivity index (χ2n) is 6.13. The molecule has 0 radical (unpaired) electrons. The number of rotatable bonds is 5. The standard InChI is InChI=1S/C16H19N3O5/c1-16(2,3)24-19(15(22)23)12-10-18(17-13(12)14(20)21)9-11-7-5-4-6-8-11/h4-8,10H,9H2,1-3H3,(H,20,21)(H,22,23). The summed E-state index contributed by atoms with van der Waals surface area (Å²) in [6, 6.07) is 9.29. The van der Waals surface area contributed by atoms with E-state index in [0.29, 0.717) is 11.6 Å². The lowest BCUT2D eigenvalue weighted by atomic mass is 10.2. The Hall–Kier alpha value is -2.87. The minimum Gasteiger partial charge on any atom is -0.476 e. The summed E-state index contributed by atoms with van der Waals surface area (Å²) < 4.78 is 1.37. The van der Waals surface area contributed by atoms with Gasteiger partial charge in [0.15, 0.2) is 5.69 Å². The molecule has 24 heavy (non-hydrogen) atoms. The third-order valence-electron chi connectivity index (χ3n) is 2.89. The van der Waals surface area contributed by atoms with Gasteiger partial charge in [-0.2, -0.15) is 5.10 Å². The number of hydrogen-bond acceptors (Lipinski definition) is 4. The number of hydrogen-bond donors (Lipinski definition) is 2. The summed E-state index contributed by atoms with van der Waals surface area (Å²) in [5.74, 6) is -1.33. The summed E-state index contributed by atoms with van der Waals surface area (Å²) in [7, 11) is 0. The molecule has 1 aromatic heterocycles. The van der Waals surface area contributed by atoms with E-state index in [9.17, 15) is 19.8 Å². The second kappa shape index (κ2) is 6.71. The average Bonchev–Trinajstić information content (AvgIpc) is 2.88. The quantitative estimate of drug-likeness (QED) is 0.815. The van der Waals surface area contributed by atoms with E-state index in [4.69, 9.17) is 4.84 Å². The summed E-state index contributed by atoms with van der Waals surface area (Å²) in [6.07, 6.45) is -0.0808. The van der Waals surface area contributed by atoms with Crippen LogP contribution in [-0.2, 0) is 11.4 Å². The summed E-state index contributed by atoms with van der Waals surface area (Å²) in [5, 5.41) is 23.2. The third kappa shape index (κ3) is 4.32. The number of carboxylic acids is 1. The monoisotopic (exact) mass is 333 g/mol. The normalized spacial score (nSPS) is 11.3. The van der Waals surface area contributed by atoms with Crippen molar-refractivity contribution in [3.8, 4) is 0 Å². The van der Waals surface area contributed by atoms with Gasteiger partial charge in [0.1, 0.15) is 5.69 Å². The molecule has 0 saturated carbocycles. The summed E-state index contributed by atoms with van der Waals surface area (Å²) in [4.78, 5) is 28.3. The number of anilines is 1. The Kier molecular flexibility index (Phi) is 4.89. The zero-order valence-corrected chi connectivity index (χ0v) is 13.6. The molecule has 0 bridgehead atoms. The molecule has 0 spiro atoms. The van der Waals surface area contributed by atoms with Gasteiger partial charge >= 0.3 is 12.1 Å². The second-order valence-corrected chi connectivity index (χ2v) is 6.13. The van der Waals surface area contributed by atoms with Gasteiger partial charge < -0.3 is 10.2 Å². The van der Waals surface area contributed by atoms with Crippen molar-refractivity contribution in [3.05, 3.63) is 47.8 Å². The largest absolute Gasteiger partial charge is 0.476 e. The van der Waals surface area contributed by atoms with E-state index in [1.54, 1.807) is 20.8 Å². The van der Waals surface area contributed by atoms with Crippen LogP contribution in [-0.4, -0.2) is 37.7 Å². The number of carbonyl (C=O) groups is 2. The minimum absolute atomic E-state index is 0.138. The maximum absolute atomic E-state index is 11.5. The Balaban J connectivity index is 2.40. The number of carboxylic acid groups (broad SMARTS) is 2. The number of nitrogens with zero attached hydrogens (tertiary/aromatic N) is 3. The van der Waals surface area contributed by atoms with Crippen molar-refractivity contribution in [3.63, 3.8) is 0 Å². The minimum atomic E-state index is -1.42. The van der Waals surface area contributed by atoms with Crippen molar-refractivity contribution in [2.75, 3.05) is 5.06 Å². The highest BCUT2D eigenvalue weighted by Gasteiger charge is 2.30. The smallest absolute Gasteiger partial charge is 0.436 e. The van der Waals surface area contributed by atoms with Crippen molar-refractivity contribution in [2.45, 2.75) is 32.9 Å². The van der Waals surface area contributed by atoms with Gasteiger partial charge in [0.25, 0.3) is 0 Å². The Morgan fingerprint density at radius 3 is 2.33 bits per heavy atom. The summed E-state index contributed by atoms with van der Waals surface area (Å²) in [5.41, 5.74) is -0.448. The highest BCUT2D eigenvalue weighted by atomic mass is 16.7. The molecule has 8 nitrogen and oxygen atoms in total. The van der Waals surface area contributed by atoms with Gasteiger partial charge in [-0.25, -0.2) is 9.59 Å². The van der Waals surface area contributed by atoms with Crippen LogP contribution >= 0.6 is 0 Å². The van der Waals surface area contributed by atoms with Crippen LogP contribution in [0.4, 0.5) is 10.5 Å². The fraction of sp³-hybridized carbons (Fsp3) is 0.312. The van der Waals surface area contributed by atoms with Crippen molar-refractivity contribution >= 4 is 17.7 Å². The van der Waals surface area contributed by atoms with Gasteiger partial charge in [0, 0.05) is 0 Å². The van der Waals surface area contributed by atoms with Gasteiger partial charge in [0.2, 0.25) is 0 Å². The Morgan fingerprint density at radius 2 is 1.83 bits per heavy atom. The van der Waals surface area contributed by atoms with Crippen molar-refractivity contribution in [1.82, 2.24) is 9.78 Å². The van der Waals surface area contributed by atoms with Crippen molar-refractivity contribution in [1.29, 1.82) is 0 Å². The molecule has 0 saturated heterocycles. The van der Waals surface area contributed by atoms with E-state index in [1.807, 2.05) is 30.3 Å². The molecule has 128 valence electrons. The molecule has 2 rings (SSSR count). The van der Waals surface area contributed by atoms with Gasteiger partial charge in [-0.05, 0) is 26.3 Å². The van der Waals surface area contributed by atoms with Crippen LogP contribution in [0.25, 0.3) is 0 Å². The molecule has 1 aromatic carbocycles. The number of benzene rings is 1. The van der Waals surface area contributed by atoms with Crippen LogP contribution in [0, 0.1) is 0 Å². The van der Waals surface area contributed by atoms with Crippen LogP contribution in [0.3, 0.4) is 0 Å². The van der Waals surface area contributed by atoms with Crippen LogP contribution < -0.4 is 5.06 Å². The third-order valence-corrected chi connectivity index (χ3v) is 2.89. The SMILES string of the molecule is CC(C)(C)ON(C(=O)O)c1cn(Cc2ccccc2)nc1C(=O)O. The first kappa shape index (κ1) is 17.5. The van der Waals surface area contributed by atoms with Gasteiger partial charge in [-0.15, -0.1) is 5.06 Å². The molecule has 0 fully saturated rings. The fourth-order valence-corrected chi connectivity index (χ4v) is 2.03. The van der Waals surface area contributed by atoms with E-state index < -0.39 is 23.4 Å². The average molecular weight is 333 g/mol. The van der Waals surface area contributed by atoms with Crippen LogP contribution in [0.2, 0.25) is 0 Å². The molecule has 2 N–H and O–H groups in total. The summed E-state index contributed by atoms with van der Waals surface area (Å²) >= 11 is 0. The Morgan fingerprint density at radius 1 is 1.21 bits per heavy atom. The van der Waals surface area contributed by atoms with E-state index in [-0.39, 0.29) is 5.69 Å². The zero-order valence-electron chi connectivity index (χ0n) is 13.6.